The molecule has 1 aliphatic carbocycles. The number of hydrogen-bond acceptors (Lipinski definition) is 2. The maximum atomic E-state index is 10.1. The van der Waals surface area contributed by atoms with Crippen molar-refractivity contribution >= 4 is 6.09 Å². The van der Waals surface area contributed by atoms with Crippen LogP contribution < -0.4 is 10.6 Å². The summed E-state index contributed by atoms with van der Waals surface area (Å²) in [6, 6.07) is 0.249. The highest BCUT2D eigenvalue weighted by atomic mass is 16.4. The van der Waals surface area contributed by atoms with Crippen molar-refractivity contribution in [2.75, 3.05) is 13.1 Å². The fraction of sp³-hybridized carbons (Fsp3) is 0.833. The Bertz CT molecular complexity index is 161. The van der Waals surface area contributed by atoms with E-state index in [4.69, 9.17) is 5.11 Å². The Balaban J connectivity index is 1.84. The Kier molecular flexibility index (Phi) is 1.11. The predicted molar refractivity (Wildman–Crippen MR) is 34.8 cm³/mol. The molecule has 1 saturated heterocycles. The molecule has 3 atom stereocenters. The Morgan fingerprint density at radius 2 is 2.10 bits per heavy atom. The fourth-order valence-electron chi connectivity index (χ4n) is 1.78. The van der Waals surface area contributed by atoms with E-state index >= 15 is 0 Å². The summed E-state index contributed by atoms with van der Waals surface area (Å²) in [4.78, 5) is 10.1. The van der Waals surface area contributed by atoms with Gasteiger partial charge in [-0.3, -0.25) is 0 Å². The topological polar surface area (TPSA) is 61.4 Å². The van der Waals surface area contributed by atoms with Crippen molar-refractivity contribution < 1.29 is 9.90 Å². The number of hydrogen-bond donors (Lipinski definition) is 3. The minimum atomic E-state index is -0.889. The number of carboxylic acid groups (broad SMARTS) is 1. The lowest BCUT2D eigenvalue weighted by Crippen LogP contribution is -2.31. The molecule has 1 amide bonds. The zero-order valence-corrected chi connectivity index (χ0v) is 5.50. The van der Waals surface area contributed by atoms with Gasteiger partial charge in [0.05, 0.1) is 0 Å². The first-order valence-corrected chi connectivity index (χ1v) is 3.49. The van der Waals surface area contributed by atoms with Crippen molar-refractivity contribution in [2.24, 2.45) is 11.8 Å². The highest BCUT2D eigenvalue weighted by Gasteiger charge is 2.53. The molecule has 0 aromatic rings. The van der Waals surface area contributed by atoms with Crippen LogP contribution in [0.1, 0.15) is 0 Å². The molecule has 2 fully saturated rings. The van der Waals surface area contributed by atoms with Crippen molar-refractivity contribution in [3.63, 3.8) is 0 Å². The van der Waals surface area contributed by atoms with E-state index in [0.717, 1.165) is 13.1 Å². The third-order valence-corrected chi connectivity index (χ3v) is 2.38. The largest absolute Gasteiger partial charge is 0.465 e. The van der Waals surface area contributed by atoms with E-state index in [0.29, 0.717) is 11.8 Å². The summed E-state index contributed by atoms with van der Waals surface area (Å²) in [5.41, 5.74) is 0. The Hall–Kier alpha value is -0.770. The highest BCUT2D eigenvalue weighted by molar-refractivity contribution is 5.65. The number of fused-ring (bicyclic) bond motifs is 1. The smallest absolute Gasteiger partial charge is 0.404 e. The molecule has 2 unspecified atom stereocenters. The standard InChI is InChI=1S/C6H10N2O2/c9-6(10)8-5-3-1-7-2-4(3)5/h3-5,7-8H,1-2H2,(H,9,10)/t3-,4?,5?/m0/s1. The lowest BCUT2D eigenvalue weighted by Gasteiger charge is -2.02. The van der Waals surface area contributed by atoms with Crippen LogP contribution in [0.5, 0.6) is 0 Å². The monoisotopic (exact) mass is 142 g/mol. The van der Waals surface area contributed by atoms with Gasteiger partial charge in [-0.05, 0) is 11.8 Å². The van der Waals surface area contributed by atoms with Gasteiger partial charge in [0.2, 0.25) is 0 Å². The third kappa shape index (κ3) is 0.759. The van der Waals surface area contributed by atoms with E-state index in [9.17, 15) is 4.79 Å². The molecule has 10 heavy (non-hydrogen) atoms. The summed E-state index contributed by atoms with van der Waals surface area (Å²) in [6.45, 7) is 1.96. The first kappa shape index (κ1) is 5.97. The Morgan fingerprint density at radius 3 is 2.60 bits per heavy atom. The first-order valence-electron chi connectivity index (χ1n) is 3.49. The SMILES string of the molecule is O=C(O)NC1C2CNC[C@@H]21. The van der Waals surface area contributed by atoms with Crippen LogP contribution in [0.4, 0.5) is 4.79 Å². The Morgan fingerprint density at radius 1 is 1.50 bits per heavy atom. The van der Waals surface area contributed by atoms with Crippen LogP contribution in [0.3, 0.4) is 0 Å². The molecule has 0 spiro atoms. The molecule has 0 aromatic carbocycles. The van der Waals surface area contributed by atoms with Crippen LogP contribution in [0, 0.1) is 11.8 Å². The number of piperidine rings is 1. The molecule has 2 rings (SSSR count). The van der Waals surface area contributed by atoms with Crippen LogP contribution in [0.25, 0.3) is 0 Å². The van der Waals surface area contributed by atoms with Gasteiger partial charge in [0.25, 0.3) is 0 Å². The Labute approximate surface area is 58.6 Å². The van der Waals surface area contributed by atoms with E-state index in [1.165, 1.54) is 0 Å². The van der Waals surface area contributed by atoms with Gasteiger partial charge in [0.1, 0.15) is 0 Å². The predicted octanol–water partition coefficient (Wildman–Crippen LogP) is -0.528. The second-order valence-electron chi connectivity index (χ2n) is 2.96. The maximum Gasteiger partial charge on any atom is 0.404 e. The second kappa shape index (κ2) is 1.85. The van der Waals surface area contributed by atoms with Gasteiger partial charge >= 0.3 is 6.09 Å². The van der Waals surface area contributed by atoms with Gasteiger partial charge in [-0.15, -0.1) is 0 Å². The molecule has 4 nitrogen and oxygen atoms in total. The minimum absolute atomic E-state index is 0.249. The second-order valence-corrected chi connectivity index (χ2v) is 2.96. The summed E-state index contributed by atoms with van der Waals surface area (Å²) in [5, 5.41) is 14.0. The van der Waals surface area contributed by atoms with Crippen molar-refractivity contribution in [2.45, 2.75) is 6.04 Å². The number of nitrogens with one attached hydrogen (secondary N) is 2. The van der Waals surface area contributed by atoms with Gasteiger partial charge in [-0.1, -0.05) is 0 Å². The molecule has 1 aliphatic heterocycles. The van der Waals surface area contributed by atoms with Crippen molar-refractivity contribution in [1.82, 2.24) is 10.6 Å². The average molecular weight is 142 g/mol. The first-order chi connectivity index (χ1) is 4.79. The lowest BCUT2D eigenvalue weighted by atomic mass is 10.4. The van der Waals surface area contributed by atoms with Gasteiger partial charge in [0, 0.05) is 19.1 Å². The summed E-state index contributed by atoms with van der Waals surface area (Å²) in [5.74, 6) is 1.16. The van der Waals surface area contributed by atoms with Crippen LogP contribution in [0.15, 0.2) is 0 Å². The van der Waals surface area contributed by atoms with Gasteiger partial charge in [-0.2, -0.15) is 0 Å². The van der Waals surface area contributed by atoms with Crippen molar-refractivity contribution in [1.29, 1.82) is 0 Å². The van der Waals surface area contributed by atoms with Crippen LogP contribution in [-0.4, -0.2) is 30.3 Å². The molecule has 3 N–H and O–H groups in total. The van der Waals surface area contributed by atoms with E-state index in [-0.39, 0.29) is 6.04 Å². The van der Waals surface area contributed by atoms with Gasteiger partial charge in [-0.25, -0.2) is 4.79 Å². The summed E-state index contributed by atoms with van der Waals surface area (Å²) >= 11 is 0. The zero-order chi connectivity index (χ0) is 7.14. The highest BCUT2D eigenvalue weighted by Crippen LogP contribution is 2.41. The molecule has 0 radical (unpaired) electrons. The molecular formula is C6H10N2O2. The van der Waals surface area contributed by atoms with Crippen molar-refractivity contribution in [3.05, 3.63) is 0 Å². The summed E-state index contributed by atoms with van der Waals surface area (Å²) in [6.07, 6.45) is -0.889. The minimum Gasteiger partial charge on any atom is -0.465 e. The van der Waals surface area contributed by atoms with E-state index in [1.807, 2.05) is 0 Å². The van der Waals surface area contributed by atoms with Gasteiger partial charge in [0.15, 0.2) is 0 Å². The number of amides is 1. The molecule has 0 bridgehead atoms. The van der Waals surface area contributed by atoms with E-state index in [1.54, 1.807) is 0 Å². The molecule has 4 heteroatoms. The summed E-state index contributed by atoms with van der Waals surface area (Å²) < 4.78 is 0. The van der Waals surface area contributed by atoms with Crippen LogP contribution in [-0.2, 0) is 0 Å². The third-order valence-electron chi connectivity index (χ3n) is 2.38. The fourth-order valence-corrected chi connectivity index (χ4v) is 1.78. The van der Waals surface area contributed by atoms with Crippen LogP contribution >= 0.6 is 0 Å². The van der Waals surface area contributed by atoms with E-state index < -0.39 is 6.09 Å². The number of carbonyl (C=O) groups is 1. The van der Waals surface area contributed by atoms with Crippen LogP contribution in [0.2, 0.25) is 0 Å². The molecule has 2 aliphatic rings. The molecule has 0 aromatic heterocycles. The van der Waals surface area contributed by atoms with Gasteiger partial charge < -0.3 is 15.7 Å². The van der Waals surface area contributed by atoms with Crippen molar-refractivity contribution in [3.8, 4) is 0 Å². The maximum absolute atomic E-state index is 10.1. The quantitative estimate of drug-likeness (QED) is 0.461. The number of rotatable bonds is 1. The molecule has 56 valence electrons. The molecular weight excluding hydrogens is 132 g/mol. The average Bonchev–Trinajstić information content (AvgIpc) is 2.40. The zero-order valence-electron chi connectivity index (χ0n) is 5.50. The normalized spacial score (nSPS) is 42.6. The lowest BCUT2D eigenvalue weighted by molar-refractivity contribution is 0.192. The summed E-state index contributed by atoms with van der Waals surface area (Å²) in [7, 11) is 0. The molecule has 1 heterocycles. The molecule has 1 saturated carbocycles. The van der Waals surface area contributed by atoms with E-state index in [2.05, 4.69) is 10.6 Å².